The Morgan fingerprint density at radius 2 is 1.80 bits per heavy atom. The van der Waals surface area contributed by atoms with Crippen LogP contribution in [0.25, 0.3) is 10.9 Å². The minimum absolute atomic E-state index is 0. The molecule has 0 saturated heterocycles. The standard InChI is InChI=1S/C9H7NO3S.FH/c11-14(12,13)8-5-1-3-7-4-2-6-10-9(7)8;/h1-6H,(H,11,12,13);1H. The molecule has 0 atom stereocenters. The molecule has 1 N–H and O–H groups in total. The molecule has 6 heteroatoms. The topological polar surface area (TPSA) is 67.3 Å². The molecule has 0 unspecified atom stereocenters. The van der Waals surface area contributed by atoms with Crippen molar-refractivity contribution in [2.24, 2.45) is 0 Å². The smallest absolute Gasteiger partial charge is 0.282 e. The minimum atomic E-state index is -4.19. The van der Waals surface area contributed by atoms with Gasteiger partial charge in [-0.2, -0.15) is 8.42 Å². The van der Waals surface area contributed by atoms with Gasteiger partial charge in [0, 0.05) is 11.6 Å². The number of benzene rings is 1. The zero-order valence-corrected chi connectivity index (χ0v) is 8.31. The van der Waals surface area contributed by atoms with Crippen LogP contribution in [0.15, 0.2) is 41.4 Å². The molecule has 0 aliphatic heterocycles. The lowest BCUT2D eigenvalue weighted by Crippen LogP contribution is -1.99. The Hall–Kier alpha value is -1.53. The van der Waals surface area contributed by atoms with E-state index < -0.39 is 10.1 Å². The van der Waals surface area contributed by atoms with E-state index in [9.17, 15) is 8.42 Å². The van der Waals surface area contributed by atoms with Gasteiger partial charge in [0.05, 0.1) is 5.52 Å². The first-order chi connectivity index (χ1) is 6.59. The molecule has 0 aliphatic carbocycles. The highest BCUT2D eigenvalue weighted by Crippen LogP contribution is 2.19. The van der Waals surface area contributed by atoms with Gasteiger partial charge in [0.1, 0.15) is 4.90 Å². The van der Waals surface area contributed by atoms with E-state index in [4.69, 9.17) is 4.55 Å². The highest BCUT2D eigenvalue weighted by molar-refractivity contribution is 7.86. The fourth-order valence-corrected chi connectivity index (χ4v) is 1.95. The van der Waals surface area contributed by atoms with E-state index in [0.717, 1.165) is 0 Å². The number of halogens is 1. The second-order valence-corrected chi connectivity index (χ2v) is 4.20. The minimum Gasteiger partial charge on any atom is -0.282 e. The van der Waals surface area contributed by atoms with Crippen LogP contribution < -0.4 is 0 Å². The first kappa shape index (κ1) is 11.5. The number of para-hydroxylation sites is 1. The number of hydrogen-bond acceptors (Lipinski definition) is 3. The van der Waals surface area contributed by atoms with Gasteiger partial charge in [-0.1, -0.05) is 18.2 Å². The Kier molecular flexibility index (Phi) is 3.01. The van der Waals surface area contributed by atoms with Gasteiger partial charge in [-0.15, -0.1) is 0 Å². The third-order valence-electron chi connectivity index (χ3n) is 1.87. The normalized spacial score (nSPS) is 11.0. The van der Waals surface area contributed by atoms with E-state index in [2.05, 4.69) is 4.98 Å². The van der Waals surface area contributed by atoms with Crippen molar-refractivity contribution in [1.82, 2.24) is 4.98 Å². The van der Waals surface area contributed by atoms with Gasteiger partial charge < -0.3 is 0 Å². The van der Waals surface area contributed by atoms with Gasteiger partial charge in [0.25, 0.3) is 10.1 Å². The maximum Gasteiger partial charge on any atom is 0.296 e. The Balaban J connectivity index is 0.00000112. The zero-order chi connectivity index (χ0) is 10.2. The predicted octanol–water partition coefficient (Wildman–Crippen LogP) is 1.63. The summed E-state index contributed by atoms with van der Waals surface area (Å²) in [6, 6.07) is 8.06. The molecule has 0 amide bonds. The van der Waals surface area contributed by atoms with Gasteiger partial charge in [-0.3, -0.25) is 14.2 Å². The average Bonchev–Trinajstić information content (AvgIpc) is 2.15. The van der Waals surface area contributed by atoms with Crippen LogP contribution in [0.1, 0.15) is 0 Å². The molecule has 1 aromatic carbocycles. The van der Waals surface area contributed by atoms with E-state index in [0.29, 0.717) is 5.39 Å². The maximum atomic E-state index is 11.0. The van der Waals surface area contributed by atoms with Gasteiger partial charge in [0.2, 0.25) is 0 Å². The van der Waals surface area contributed by atoms with Crippen LogP contribution in [0.4, 0.5) is 4.70 Å². The second kappa shape index (κ2) is 3.92. The number of fused-ring (bicyclic) bond motifs is 1. The summed E-state index contributed by atoms with van der Waals surface area (Å²) in [5, 5.41) is 0.683. The summed E-state index contributed by atoms with van der Waals surface area (Å²) in [7, 11) is -4.19. The number of pyridine rings is 1. The van der Waals surface area contributed by atoms with Crippen LogP contribution in [0.2, 0.25) is 0 Å². The summed E-state index contributed by atoms with van der Waals surface area (Å²) >= 11 is 0. The molecular formula is C9H8FNO3S. The molecular weight excluding hydrogens is 221 g/mol. The van der Waals surface area contributed by atoms with Crippen LogP contribution in [0.3, 0.4) is 0 Å². The van der Waals surface area contributed by atoms with Crippen LogP contribution in [0, 0.1) is 0 Å². The van der Waals surface area contributed by atoms with E-state index in [1.54, 1.807) is 24.3 Å². The lowest BCUT2D eigenvalue weighted by molar-refractivity contribution is 0.484. The molecule has 4 nitrogen and oxygen atoms in total. The van der Waals surface area contributed by atoms with Crippen molar-refractivity contribution in [2.75, 3.05) is 0 Å². The molecule has 15 heavy (non-hydrogen) atoms. The predicted molar refractivity (Wildman–Crippen MR) is 54.1 cm³/mol. The fraction of sp³-hybridized carbons (Fsp3) is 0. The Bertz CT molecular complexity index is 577. The molecule has 1 heterocycles. The van der Waals surface area contributed by atoms with Crippen LogP contribution >= 0.6 is 0 Å². The molecule has 80 valence electrons. The molecule has 0 bridgehead atoms. The van der Waals surface area contributed by atoms with Crippen LogP contribution in [-0.4, -0.2) is 18.0 Å². The summed E-state index contributed by atoms with van der Waals surface area (Å²) in [4.78, 5) is 3.75. The summed E-state index contributed by atoms with van der Waals surface area (Å²) in [6.07, 6.45) is 1.48. The van der Waals surface area contributed by atoms with Gasteiger partial charge in [-0.05, 0) is 12.1 Å². The molecule has 0 spiro atoms. The van der Waals surface area contributed by atoms with Gasteiger partial charge in [-0.25, -0.2) is 0 Å². The third kappa shape index (κ3) is 2.11. The number of aromatic nitrogens is 1. The lowest BCUT2D eigenvalue weighted by Gasteiger charge is -2.01. The largest absolute Gasteiger partial charge is 0.296 e. The first-order valence-electron chi connectivity index (χ1n) is 3.90. The Morgan fingerprint density at radius 3 is 2.47 bits per heavy atom. The van der Waals surface area contributed by atoms with E-state index in [1.807, 2.05) is 0 Å². The average molecular weight is 229 g/mol. The molecule has 2 rings (SSSR count). The number of hydrogen-bond donors (Lipinski definition) is 1. The molecule has 1 aromatic heterocycles. The second-order valence-electron chi connectivity index (χ2n) is 2.81. The SMILES string of the molecule is F.O=S(=O)(O)c1cccc2cccnc12. The molecule has 0 fully saturated rings. The van der Waals surface area contributed by atoms with Crippen molar-refractivity contribution in [3.63, 3.8) is 0 Å². The van der Waals surface area contributed by atoms with Crippen molar-refractivity contribution < 1.29 is 17.7 Å². The van der Waals surface area contributed by atoms with E-state index in [1.165, 1.54) is 12.3 Å². The highest BCUT2D eigenvalue weighted by Gasteiger charge is 2.13. The number of rotatable bonds is 1. The van der Waals surface area contributed by atoms with Gasteiger partial charge >= 0.3 is 0 Å². The highest BCUT2D eigenvalue weighted by atomic mass is 32.2. The molecule has 2 aromatic rings. The lowest BCUT2D eigenvalue weighted by atomic mass is 10.2. The summed E-state index contributed by atoms with van der Waals surface area (Å²) in [6.45, 7) is 0. The van der Waals surface area contributed by atoms with Crippen molar-refractivity contribution in [2.45, 2.75) is 4.90 Å². The van der Waals surface area contributed by atoms with Gasteiger partial charge in [0.15, 0.2) is 0 Å². The molecule has 0 radical (unpaired) electrons. The van der Waals surface area contributed by atoms with Crippen LogP contribution in [0.5, 0.6) is 0 Å². The Morgan fingerprint density at radius 1 is 1.13 bits per heavy atom. The number of nitrogens with zero attached hydrogens (tertiary/aromatic N) is 1. The summed E-state index contributed by atoms with van der Waals surface area (Å²) < 4.78 is 30.8. The van der Waals surface area contributed by atoms with Crippen LogP contribution in [-0.2, 0) is 10.1 Å². The summed E-state index contributed by atoms with van der Waals surface area (Å²) in [5.74, 6) is 0. The first-order valence-corrected chi connectivity index (χ1v) is 5.34. The third-order valence-corrected chi connectivity index (χ3v) is 2.76. The van der Waals surface area contributed by atoms with E-state index >= 15 is 0 Å². The van der Waals surface area contributed by atoms with Crippen molar-refractivity contribution in [1.29, 1.82) is 0 Å². The van der Waals surface area contributed by atoms with Crippen molar-refractivity contribution >= 4 is 21.0 Å². The molecule has 0 aliphatic rings. The van der Waals surface area contributed by atoms with Crippen molar-refractivity contribution in [3.05, 3.63) is 36.5 Å². The molecule has 0 saturated carbocycles. The quantitative estimate of drug-likeness (QED) is 0.755. The Labute approximate surface area is 85.7 Å². The van der Waals surface area contributed by atoms with E-state index in [-0.39, 0.29) is 15.1 Å². The zero-order valence-electron chi connectivity index (χ0n) is 7.49. The summed E-state index contributed by atoms with van der Waals surface area (Å²) in [5.41, 5.74) is 0.289. The monoisotopic (exact) mass is 229 g/mol. The fourth-order valence-electron chi connectivity index (χ4n) is 1.28. The van der Waals surface area contributed by atoms with Crippen molar-refractivity contribution in [3.8, 4) is 0 Å². The maximum absolute atomic E-state index is 11.0.